The topological polar surface area (TPSA) is 91.3 Å². The molecule has 0 bridgehead atoms. The molecule has 0 saturated carbocycles. The van der Waals surface area contributed by atoms with Crippen molar-refractivity contribution in [2.75, 3.05) is 6.54 Å². The van der Waals surface area contributed by atoms with Gasteiger partial charge in [0, 0.05) is 24.9 Å². The van der Waals surface area contributed by atoms with Crippen LogP contribution in [-0.2, 0) is 11.2 Å². The number of pyridine rings is 1. The molecule has 1 heterocycles. The van der Waals surface area contributed by atoms with E-state index in [0.717, 1.165) is 5.69 Å². The maximum Gasteiger partial charge on any atom is 0.326 e. The molecule has 0 aliphatic carbocycles. The molecule has 0 aromatic carbocycles. The summed E-state index contributed by atoms with van der Waals surface area (Å²) in [6.07, 6.45) is 3.42. The minimum atomic E-state index is -1.01. The van der Waals surface area contributed by atoms with Crippen LogP contribution >= 0.6 is 0 Å². The summed E-state index contributed by atoms with van der Waals surface area (Å²) in [7, 11) is 0. The number of nitrogens with zero attached hydrogens (tertiary/aromatic N) is 1. The molecular weight excluding hydrogens is 246 g/mol. The molecule has 0 saturated heterocycles. The monoisotopic (exact) mass is 265 g/mol. The lowest BCUT2D eigenvalue weighted by Gasteiger charge is -2.14. The van der Waals surface area contributed by atoms with Crippen molar-refractivity contribution in [3.63, 3.8) is 0 Å². The molecule has 1 unspecified atom stereocenters. The summed E-state index contributed by atoms with van der Waals surface area (Å²) in [4.78, 5) is 26.5. The molecule has 6 nitrogen and oxygen atoms in total. The molecule has 6 heteroatoms. The highest BCUT2D eigenvalue weighted by molar-refractivity contribution is 5.82. The van der Waals surface area contributed by atoms with Gasteiger partial charge in [-0.15, -0.1) is 0 Å². The lowest BCUT2D eigenvalue weighted by molar-refractivity contribution is -0.139. The molecule has 0 fully saturated rings. The van der Waals surface area contributed by atoms with Crippen LogP contribution in [0.1, 0.15) is 25.5 Å². The van der Waals surface area contributed by atoms with Crippen LogP contribution in [0, 0.1) is 0 Å². The van der Waals surface area contributed by atoms with Gasteiger partial charge in [0.2, 0.25) is 0 Å². The lowest BCUT2D eigenvalue weighted by Crippen LogP contribution is -2.46. The second-order valence-corrected chi connectivity index (χ2v) is 4.15. The fourth-order valence-electron chi connectivity index (χ4n) is 1.61. The van der Waals surface area contributed by atoms with E-state index in [1.54, 1.807) is 6.20 Å². The third-order valence-corrected chi connectivity index (χ3v) is 2.57. The highest BCUT2D eigenvalue weighted by Gasteiger charge is 2.18. The van der Waals surface area contributed by atoms with Crippen molar-refractivity contribution < 1.29 is 14.7 Å². The van der Waals surface area contributed by atoms with Crippen LogP contribution in [0.5, 0.6) is 0 Å². The Kier molecular flexibility index (Phi) is 6.35. The van der Waals surface area contributed by atoms with Crippen molar-refractivity contribution in [2.24, 2.45) is 0 Å². The predicted molar refractivity (Wildman–Crippen MR) is 70.8 cm³/mol. The number of aromatic nitrogens is 1. The number of hydrogen-bond acceptors (Lipinski definition) is 3. The van der Waals surface area contributed by atoms with Gasteiger partial charge < -0.3 is 15.7 Å². The molecular formula is C13H19N3O3. The minimum absolute atomic E-state index is 0.418. The van der Waals surface area contributed by atoms with E-state index in [1.807, 2.05) is 25.1 Å². The van der Waals surface area contributed by atoms with Crippen molar-refractivity contribution in [1.82, 2.24) is 15.6 Å². The molecule has 0 radical (unpaired) electrons. The number of carboxylic acid groups (broad SMARTS) is 1. The van der Waals surface area contributed by atoms with E-state index >= 15 is 0 Å². The number of hydrogen-bond donors (Lipinski definition) is 3. The van der Waals surface area contributed by atoms with Gasteiger partial charge in [0.15, 0.2) is 0 Å². The summed E-state index contributed by atoms with van der Waals surface area (Å²) in [6, 6.07) is 4.28. The van der Waals surface area contributed by atoms with E-state index in [1.165, 1.54) is 0 Å². The molecule has 104 valence electrons. The maximum absolute atomic E-state index is 11.5. The van der Waals surface area contributed by atoms with Gasteiger partial charge in [-0.2, -0.15) is 0 Å². The Morgan fingerprint density at radius 2 is 2.21 bits per heavy atom. The molecule has 1 aromatic heterocycles. The second-order valence-electron chi connectivity index (χ2n) is 4.15. The van der Waals surface area contributed by atoms with Gasteiger partial charge in [-0.25, -0.2) is 9.59 Å². The van der Waals surface area contributed by atoms with E-state index in [9.17, 15) is 9.59 Å². The highest BCUT2D eigenvalue weighted by Crippen LogP contribution is 1.97. The number of carbonyl (C=O) groups excluding carboxylic acids is 1. The Morgan fingerprint density at radius 3 is 2.79 bits per heavy atom. The minimum Gasteiger partial charge on any atom is -0.480 e. The average molecular weight is 265 g/mol. The van der Waals surface area contributed by atoms with Gasteiger partial charge in [-0.3, -0.25) is 4.98 Å². The van der Waals surface area contributed by atoms with Gasteiger partial charge >= 0.3 is 12.0 Å². The van der Waals surface area contributed by atoms with Crippen molar-refractivity contribution in [3.05, 3.63) is 30.1 Å². The van der Waals surface area contributed by atoms with Crippen LogP contribution in [0.2, 0.25) is 0 Å². The van der Waals surface area contributed by atoms with Crippen molar-refractivity contribution in [3.8, 4) is 0 Å². The fraction of sp³-hybridized carbons (Fsp3) is 0.462. The summed E-state index contributed by atoms with van der Waals surface area (Å²) < 4.78 is 0. The molecule has 1 rings (SSSR count). The largest absolute Gasteiger partial charge is 0.480 e. The van der Waals surface area contributed by atoms with Gasteiger partial charge in [0.25, 0.3) is 0 Å². The van der Waals surface area contributed by atoms with Crippen LogP contribution < -0.4 is 10.6 Å². The van der Waals surface area contributed by atoms with Gasteiger partial charge in [-0.05, 0) is 18.6 Å². The number of urea groups is 1. The van der Waals surface area contributed by atoms with Crippen LogP contribution in [0.4, 0.5) is 4.79 Å². The summed E-state index contributed by atoms with van der Waals surface area (Å²) in [6.45, 7) is 2.29. The van der Waals surface area contributed by atoms with E-state index in [-0.39, 0.29) is 0 Å². The van der Waals surface area contributed by atoms with Crippen LogP contribution in [-0.4, -0.2) is 34.7 Å². The third kappa shape index (κ3) is 5.85. The van der Waals surface area contributed by atoms with Gasteiger partial charge in [0.05, 0.1) is 0 Å². The van der Waals surface area contributed by atoms with Crippen LogP contribution in [0.3, 0.4) is 0 Å². The zero-order valence-corrected chi connectivity index (χ0v) is 10.9. The number of amides is 2. The van der Waals surface area contributed by atoms with E-state index in [2.05, 4.69) is 15.6 Å². The Bertz CT molecular complexity index is 409. The summed E-state index contributed by atoms with van der Waals surface area (Å²) in [5.41, 5.74) is 0.881. The summed E-state index contributed by atoms with van der Waals surface area (Å²) >= 11 is 0. The fourth-order valence-corrected chi connectivity index (χ4v) is 1.61. The standard InChI is InChI=1S/C13H19N3O3/c1-2-5-11(12(17)18)16-13(19)15-9-7-10-6-3-4-8-14-10/h3-4,6,8,11H,2,5,7,9H2,1H3,(H,17,18)(H2,15,16,19). The first kappa shape index (κ1) is 14.9. The molecule has 2 amide bonds. The predicted octanol–water partition coefficient (Wildman–Crippen LogP) is 1.18. The van der Waals surface area contributed by atoms with Gasteiger partial charge in [-0.1, -0.05) is 19.4 Å². The average Bonchev–Trinajstić information content (AvgIpc) is 2.39. The molecule has 19 heavy (non-hydrogen) atoms. The molecule has 0 aliphatic rings. The zero-order chi connectivity index (χ0) is 14.1. The highest BCUT2D eigenvalue weighted by atomic mass is 16.4. The van der Waals surface area contributed by atoms with Gasteiger partial charge in [0.1, 0.15) is 6.04 Å². The third-order valence-electron chi connectivity index (χ3n) is 2.57. The molecule has 0 aliphatic heterocycles. The maximum atomic E-state index is 11.5. The zero-order valence-electron chi connectivity index (χ0n) is 10.9. The smallest absolute Gasteiger partial charge is 0.326 e. The number of rotatable bonds is 7. The van der Waals surface area contributed by atoms with E-state index in [4.69, 9.17) is 5.11 Å². The normalized spacial score (nSPS) is 11.6. The van der Waals surface area contributed by atoms with E-state index in [0.29, 0.717) is 25.8 Å². The quantitative estimate of drug-likeness (QED) is 0.690. The number of carbonyl (C=O) groups is 2. The number of carboxylic acids is 1. The summed E-state index contributed by atoms with van der Waals surface area (Å²) in [5.74, 6) is -1.01. The van der Waals surface area contributed by atoms with Crippen molar-refractivity contribution in [1.29, 1.82) is 0 Å². The van der Waals surface area contributed by atoms with Crippen LogP contribution in [0.15, 0.2) is 24.4 Å². The van der Waals surface area contributed by atoms with Crippen molar-refractivity contribution >= 4 is 12.0 Å². The Labute approximate surface area is 112 Å². The molecule has 0 spiro atoms. The Hall–Kier alpha value is -2.11. The Morgan fingerprint density at radius 1 is 1.42 bits per heavy atom. The van der Waals surface area contributed by atoms with Crippen LogP contribution in [0.25, 0.3) is 0 Å². The molecule has 3 N–H and O–H groups in total. The number of nitrogens with one attached hydrogen (secondary N) is 2. The lowest BCUT2D eigenvalue weighted by atomic mass is 10.2. The molecule has 1 aromatic rings. The Balaban J connectivity index is 2.29. The second kappa shape index (κ2) is 8.07. The van der Waals surface area contributed by atoms with Crippen molar-refractivity contribution in [2.45, 2.75) is 32.2 Å². The first-order valence-corrected chi connectivity index (χ1v) is 6.30. The SMILES string of the molecule is CCCC(NC(=O)NCCc1ccccn1)C(=O)O. The first-order valence-electron chi connectivity index (χ1n) is 6.30. The first-order chi connectivity index (χ1) is 9.13. The van der Waals surface area contributed by atoms with E-state index < -0.39 is 18.0 Å². The number of aliphatic carboxylic acids is 1. The molecule has 1 atom stereocenters. The summed E-state index contributed by atoms with van der Waals surface area (Å²) in [5, 5.41) is 14.0.